The lowest BCUT2D eigenvalue weighted by Crippen LogP contribution is -2.33. The summed E-state index contributed by atoms with van der Waals surface area (Å²) in [6.45, 7) is -1.32. The molecule has 0 saturated heterocycles. The van der Waals surface area contributed by atoms with E-state index in [0.717, 1.165) is 10.1 Å². The molecular formula is C28H20ClF4N3O5S. The summed E-state index contributed by atoms with van der Waals surface area (Å²) in [5, 5.41) is 14.5. The van der Waals surface area contributed by atoms with Gasteiger partial charge in [0.15, 0.2) is 6.10 Å². The molecule has 3 aromatic carbocycles. The molecule has 0 bridgehead atoms. The van der Waals surface area contributed by atoms with Gasteiger partial charge in [0, 0.05) is 15.8 Å². The molecule has 2 heterocycles. The number of halogens is 5. The van der Waals surface area contributed by atoms with Gasteiger partial charge in [0.05, 0.1) is 17.0 Å². The van der Waals surface area contributed by atoms with Crippen molar-refractivity contribution in [2.75, 3.05) is 18.5 Å². The number of fused-ring (bicyclic) bond motifs is 3. The van der Waals surface area contributed by atoms with Crippen LogP contribution in [0, 0.1) is 5.82 Å². The number of thiophene rings is 1. The molecule has 8 nitrogen and oxygen atoms in total. The van der Waals surface area contributed by atoms with Crippen LogP contribution in [0.2, 0.25) is 5.02 Å². The average Bonchev–Trinajstić information content (AvgIpc) is 3.33. The number of aliphatic hydroxyl groups is 1. The van der Waals surface area contributed by atoms with Crippen LogP contribution in [0.4, 0.5) is 29.1 Å². The predicted octanol–water partition coefficient (Wildman–Crippen LogP) is 6.80. The third-order valence-corrected chi connectivity index (χ3v) is 7.21. The van der Waals surface area contributed by atoms with Gasteiger partial charge in [-0.1, -0.05) is 23.7 Å². The molecule has 0 aliphatic heterocycles. The van der Waals surface area contributed by atoms with Crippen LogP contribution in [-0.2, 0) is 16.1 Å². The number of nitrogens with zero attached hydrogens (tertiary/aromatic N) is 2. The van der Waals surface area contributed by atoms with Crippen molar-refractivity contribution in [3.05, 3.63) is 83.4 Å². The monoisotopic (exact) mass is 621 g/mol. The quantitative estimate of drug-likeness (QED) is 0.130. The highest BCUT2D eigenvalue weighted by molar-refractivity contribution is 7.25. The van der Waals surface area contributed by atoms with Crippen LogP contribution < -0.4 is 14.8 Å². The van der Waals surface area contributed by atoms with E-state index in [1.54, 1.807) is 48.5 Å². The van der Waals surface area contributed by atoms with E-state index in [4.69, 9.17) is 21.1 Å². The van der Waals surface area contributed by atoms with E-state index in [-0.39, 0.29) is 18.2 Å². The molecule has 5 aromatic rings. The number of carbonyl (C=O) groups excluding carboxylic acids is 1. The summed E-state index contributed by atoms with van der Waals surface area (Å²) >= 11 is 7.76. The fraction of sp³-hybridized carbons (Fsp3) is 0.179. The molecule has 5 rings (SSSR count). The normalized spacial score (nSPS) is 12.3. The molecule has 1 unspecified atom stereocenters. The van der Waals surface area contributed by atoms with Crippen molar-refractivity contribution >= 4 is 60.7 Å². The fourth-order valence-electron chi connectivity index (χ4n) is 3.94. The Hall–Kier alpha value is -4.20. The number of hydrogen-bond donors (Lipinski definition) is 2. The number of carbonyl (C=O) groups is 1. The van der Waals surface area contributed by atoms with Crippen molar-refractivity contribution in [3.63, 3.8) is 0 Å². The first kappa shape index (κ1) is 29.3. The smallest absolute Gasteiger partial charge is 0.487 e. The van der Waals surface area contributed by atoms with Crippen molar-refractivity contribution in [3.8, 4) is 11.5 Å². The molecular weight excluding hydrogens is 602 g/mol. The minimum absolute atomic E-state index is 0.140. The lowest BCUT2D eigenvalue weighted by Gasteiger charge is -2.17. The lowest BCUT2D eigenvalue weighted by atomic mass is 10.2. The van der Waals surface area contributed by atoms with Gasteiger partial charge in [0.2, 0.25) is 0 Å². The Balaban J connectivity index is 1.31. The van der Waals surface area contributed by atoms with Crippen LogP contribution in [0.15, 0.2) is 67.0 Å². The Morgan fingerprint density at radius 1 is 1.10 bits per heavy atom. The van der Waals surface area contributed by atoms with Gasteiger partial charge in [-0.25, -0.2) is 19.2 Å². The number of anilines is 2. The topological polar surface area (TPSA) is 103 Å². The van der Waals surface area contributed by atoms with Crippen LogP contribution in [-0.4, -0.2) is 46.5 Å². The molecule has 0 spiro atoms. The number of rotatable bonds is 10. The van der Waals surface area contributed by atoms with E-state index in [1.165, 1.54) is 29.8 Å². The van der Waals surface area contributed by atoms with Gasteiger partial charge in [0.1, 0.15) is 47.5 Å². The first-order valence-electron chi connectivity index (χ1n) is 12.2. The largest absolute Gasteiger partial charge is 0.490 e. The maximum atomic E-state index is 13.4. The van der Waals surface area contributed by atoms with Gasteiger partial charge in [-0.2, -0.15) is 13.2 Å². The molecule has 14 heteroatoms. The average molecular weight is 622 g/mol. The van der Waals surface area contributed by atoms with Crippen molar-refractivity contribution in [1.29, 1.82) is 0 Å². The molecule has 0 aliphatic rings. The zero-order chi connectivity index (χ0) is 29.9. The summed E-state index contributed by atoms with van der Waals surface area (Å²) < 4.78 is 66.8. The Kier molecular flexibility index (Phi) is 8.61. The summed E-state index contributed by atoms with van der Waals surface area (Å²) in [6.07, 6.45) is -4.95. The molecule has 0 amide bonds. The minimum Gasteiger partial charge on any atom is -0.487 e. The van der Waals surface area contributed by atoms with Crippen molar-refractivity contribution in [2.45, 2.75) is 18.9 Å². The number of benzene rings is 3. The predicted molar refractivity (Wildman–Crippen MR) is 149 cm³/mol. The number of ether oxygens (including phenoxy) is 3. The maximum absolute atomic E-state index is 13.4. The summed E-state index contributed by atoms with van der Waals surface area (Å²) in [5.74, 6) is -1.56. The Bertz CT molecular complexity index is 1750. The first-order valence-corrected chi connectivity index (χ1v) is 13.4. The van der Waals surface area contributed by atoms with Gasteiger partial charge in [-0.3, -0.25) is 0 Å². The summed E-state index contributed by atoms with van der Waals surface area (Å²) in [6, 6.07) is 16.1. The van der Waals surface area contributed by atoms with Crippen LogP contribution in [0.3, 0.4) is 0 Å². The van der Waals surface area contributed by atoms with Crippen molar-refractivity contribution in [2.24, 2.45) is 0 Å². The summed E-state index contributed by atoms with van der Waals surface area (Å²) in [4.78, 5) is 20.3. The second kappa shape index (κ2) is 12.3. The lowest BCUT2D eigenvalue weighted by molar-refractivity contribution is -0.202. The molecule has 42 heavy (non-hydrogen) atoms. The fourth-order valence-corrected chi connectivity index (χ4v) is 5.25. The second-order valence-corrected chi connectivity index (χ2v) is 10.3. The van der Waals surface area contributed by atoms with Gasteiger partial charge in [-0.05, 0) is 54.1 Å². The molecule has 0 saturated carbocycles. The van der Waals surface area contributed by atoms with E-state index in [1.807, 2.05) is 0 Å². The van der Waals surface area contributed by atoms with E-state index in [0.29, 0.717) is 38.1 Å². The van der Waals surface area contributed by atoms with Crippen LogP contribution >= 0.6 is 22.9 Å². The molecule has 1 atom stereocenters. The maximum Gasteiger partial charge on any atom is 0.490 e. The minimum atomic E-state index is -5.14. The van der Waals surface area contributed by atoms with Gasteiger partial charge >= 0.3 is 12.1 Å². The number of alkyl halides is 3. The third-order valence-electron chi connectivity index (χ3n) is 5.86. The van der Waals surface area contributed by atoms with Gasteiger partial charge in [0.25, 0.3) is 0 Å². The van der Waals surface area contributed by atoms with E-state index < -0.39 is 31.5 Å². The van der Waals surface area contributed by atoms with E-state index in [9.17, 15) is 27.5 Å². The summed E-state index contributed by atoms with van der Waals surface area (Å²) in [7, 11) is 0. The standard InChI is InChI=1S/C28H20ClF4N3O5S/c29-21-9-17(4-7-22(21)39-12-15-2-1-3-16(30)8-15)36-25-24-20-6-5-18(10-23(20)42-26(24)35-14-34-25)41-19(11-37)13-40-27(38)28(31,32)33/h1-10,14,19,37H,11-13H2,(H,34,35,36). The number of hydrogen-bond acceptors (Lipinski definition) is 9. The molecule has 218 valence electrons. The van der Waals surface area contributed by atoms with Crippen LogP contribution in [0.1, 0.15) is 5.56 Å². The number of nitrogens with one attached hydrogen (secondary N) is 1. The zero-order valence-electron chi connectivity index (χ0n) is 21.3. The Labute approximate surface area is 244 Å². The zero-order valence-corrected chi connectivity index (χ0v) is 22.9. The highest BCUT2D eigenvalue weighted by Crippen LogP contribution is 2.39. The number of esters is 1. The first-order chi connectivity index (χ1) is 20.1. The van der Waals surface area contributed by atoms with Crippen molar-refractivity contribution in [1.82, 2.24) is 9.97 Å². The van der Waals surface area contributed by atoms with Crippen LogP contribution in [0.5, 0.6) is 11.5 Å². The van der Waals surface area contributed by atoms with E-state index >= 15 is 0 Å². The summed E-state index contributed by atoms with van der Waals surface area (Å²) in [5.41, 5.74) is 1.28. The SMILES string of the molecule is O=C(OCC(CO)Oc1ccc2c(c1)sc1ncnc(Nc3ccc(OCc4cccc(F)c4)c(Cl)c3)c12)C(F)(F)F. The number of aromatic nitrogens is 2. The number of aliphatic hydroxyl groups excluding tert-OH is 1. The highest BCUT2D eigenvalue weighted by Gasteiger charge is 2.41. The molecule has 0 fully saturated rings. The highest BCUT2D eigenvalue weighted by atomic mass is 35.5. The third kappa shape index (κ3) is 6.81. The van der Waals surface area contributed by atoms with Gasteiger partial charge in [-0.15, -0.1) is 11.3 Å². The van der Waals surface area contributed by atoms with Gasteiger partial charge < -0.3 is 24.6 Å². The Morgan fingerprint density at radius 3 is 2.67 bits per heavy atom. The molecule has 0 radical (unpaired) electrons. The van der Waals surface area contributed by atoms with Crippen LogP contribution in [0.25, 0.3) is 20.3 Å². The molecule has 2 aromatic heterocycles. The second-order valence-electron chi connectivity index (χ2n) is 8.87. The molecule has 0 aliphatic carbocycles. The molecule has 2 N–H and O–H groups in total. The van der Waals surface area contributed by atoms with E-state index in [2.05, 4.69) is 20.0 Å². The Morgan fingerprint density at radius 2 is 1.93 bits per heavy atom. The van der Waals surface area contributed by atoms with Crippen molar-refractivity contribution < 1.29 is 41.7 Å².